The van der Waals surface area contributed by atoms with Crippen molar-refractivity contribution in [3.63, 3.8) is 0 Å². The van der Waals surface area contributed by atoms with Crippen LogP contribution in [0.1, 0.15) is 11.3 Å². The molecule has 3 N–H and O–H groups in total. The second kappa shape index (κ2) is 6.40. The second-order valence-corrected chi connectivity index (χ2v) is 3.32. The molecule has 4 nitrogen and oxygen atoms in total. The number of furan rings is 1. The van der Waals surface area contributed by atoms with Crippen molar-refractivity contribution in [1.29, 1.82) is 0 Å². The molecule has 84 valence electrons. The van der Waals surface area contributed by atoms with Gasteiger partial charge in [0.1, 0.15) is 5.76 Å². The van der Waals surface area contributed by atoms with Gasteiger partial charge in [-0.15, -0.1) is 6.58 Å². The molecule has 1 aromatic rings. The smallest absolute Gasteiger partial charge is 0.121 e. The van der Waals surface area contributed by atoms with Crippen LogP contribution in [0.3, 0.4) is 0 Å². The number of hydrogen-bond donors (Lipinski definition) is 2. The second-order valence-electron chi connectivity index (χ2n) is 3.32. The van der Waals surface area contributed by atoms with E-state index in [1.54, 1.807) is 6.26 Å². The fourth-order valence-electron chi connectivity index (χ4n) is 1.49. The van der Waals surface area contributed by atoms with E-state index in [0.717, 1.165) is 24.4 Å². The van der Waals surface area contributed by atoms with E-state index in [-0.39, 0.29) is 6.61 Å². The van der Waals surface area contributed by atoms with Gasteiger partial charge in [0.25, 0.3) is 0 Å². The zero-order valence-corrected chi connectivity index (χ0v) is 8.85. The summed E-state index contributed by atoms with van der Waals surface area (Å²) in [5.74, 6) is 0.807. The first kappa shape index (κ1) is 12.0. The van der Waals surface area contributed by atoms with Gasteiger partial charge >= 0.3 is 0 Å². The van der Waals surface area contributed by atoms with Gasteiger partial charge < -0.3 is 15.3 Å². The van der Waals surface area contributed by atoms with Crippen molar-refractivity contribution >= 4 is 0 Å². The van der Waals surface area contributed by atoms with Crippen LogP contribution in [0, 0.1) is 0 Å². The van der Waals surface area contributed by atoms with Crippen LogP contribution in [-0.4, -0.2) is 29.7 Å². The molecule has 0 atom stereocenters. The highest BCUT2D eigenvalue weighted by molar-refractivity contribution is 5.16. The molecular weight excluding hydrogens is 192 g/mol. The molecule has 0 spiro atoms. The molecule has 4 heteroatoms. The van der Waals surface area contributed by atoms with Crippen LogP contribution in [-0.2, 0) is 13.1 Å². The van der Waals surface area contributed by atoms with Crippen LogP contribution in [0.15, 0.2) is 29.4 Å². The molecule has 1 rings (SSSR count). The van der Waals surface area contributed by atoms with E-state index in [4.69, 9.17) is 15.3 Å². The first-order chi connectivity index (χ1) is 7.31. The van der Waals surface area contributed by atoms with Crippen LogP contribution in [0.2, 0.25) is 0 Å². The summed E-state index contributed by atoms with van der Waals surface area (Å²) in [5, 5.41) is 8.89. The molecule has 0 fully saturated rings. The predicted molar refractivity (Wildman–Crippen MR) is 59.2 cm³/mol. The van der Waals surface area contributed by atoms with E-state index in [9.17, 15) is 0 Å². The van der Waals surface area contributed by atoms with E-state index in [1.165, 1.54) is 0 Å². The van der Waals surface area contributed by atoms with Crippen LogP contribution in [0.5, 0.6) is 0 Å². The first-order valence-electron chi connectivity index (χ1n) is 5.01. The summed E-state index contributed by atoms with van der Waals surface area (Å²) >= 11 is 0. The number of aliphatic hydroxyl groups is 1. The molecular formula is C11H18N2O2. The van der Waals surface area contributed by atoms with Gasteiger partial charge in [-0.3, -0.25) is 4.90 Å². The Bertz CT molecular complexity index is 297. The zero-order valence-electron chi connectivity index (χ0n) is 8.85. The average Bonchev–Trinajstić information content (AvgIpc) is 2.66. The minimum absolute atomic E-state index is 0.143. The quantitative estimate of drug-likeness (QED) is 0.651. The standard InChI is InChI=1S/C11H18N2O2/c1-2-4-13(5-6-14)9-10-3-7-15-11(10)8-12/h2-3,7,14H,1,4-6,8-9,12H2. The monoisotopic (exact) mass is 210 g/mol. The average molecular weight is 210 g/mol. The van der Waals surface area contributed by atoms with Crippen molar-refractivity contribution in [2.24, 2.45) is 5.73 Å². The topological polar surface area (TPSA) is 62.6 Å². The molecule has 0 aliphatic rings. The number of hydrogen-bond acceptors (Lipinski definition) is 4. The molecule has 0 saturated heterocycles. The van der Waals surface area contributed by atoms with E-state index in [0.29, 0.717) is 13.1 Å². The molecule has 1 aromatic heterocycles. The van der Waals surface area contributed by atoms with Crippen molar-refractivity contribution in [3.8, 4) is 0 Å². The third kappa shape index (κ3) is 3.51. The Morgan fingerprint density at radius 1 is 1.60 bits per heavy atom. The summed E-state index contributed by atoms with van der Waals surface area (Å²) < 4.78 is 5.23. The third-order valence-electron chi connectivity index (χ3n) is 2.22. The van der Waals surface area contributed by atoms with Crippen LogP contribution >= 0.6 is 0 Å². The SMILES string of the molecule is C=CCN(CCO)Cc1ccoc1CN. The molecule has 0 bridgehead atoms. The lowest BCUT2D eigenvalue weighted by molar-refractivity contribution is 0.202. The maximum Gasteiger partial charge on any atom is 0.121 e. The van der Waals surface area contributed by atoms with E-state index in [1.807, 2.05) is 12.1 Å². The van der Waals surface area contributed by atoms with Gasteiger partial charge in [0.15, 0.2) is 0 Å². The van der Waals surface area contributed by atoms with Crippen molar-refractivity contribution in [1.82, 2.24) is 4.90 Å². The summed E-state index contributed by atoms with van der Waals surface area (Å²) in [5.41, 5.74) is 6.61. The molecule has 0 radical (unpaired) electrons. The van der Waals surface area contributed by atoms with E-state index in [2.05, 4.69) is 11.5 Å². The Balaban J connectivity index is 2.60. The highest BCUT2D eigenvalue weighted by Gasteiger charge is 2.09. The zero-order chi connectivity index (χ0) is 11.1. The van der Waals surface area contributed by atoms with Crippen LogP contribution < -0.4 is 5.73 Å². The fourth-order valence-corrected chi connectivity index (χ4v) is 1.49. The van der Waals surface area contributed by atoms with Crippen molar-refractivity contribution < 1.29 is 9.52 Å². The van der Waals surface area contributed by atoms with Crippen LogP contribution in [0.4, 0.5) is 0 Å². The minimum Gasteiger partial charge on any atom is -0.468 e. The largest absolute Gasteiger partial charge is 0.468 e. The van der Waals surface area contributed by atoms with Crippen LogP contribution in [0.25, 0.3) is 0 Å². The maximum atomic E-state index is 8.89. The maximum absolute atomic E-state index is 8.89. The lowest BCUT2D eigenvalue weighted by Gasteiger charge is -2.18. The number of nitrogens with zero attached hydrogens (tertiary/aromatic N) is 1. The minimum atomic E-state index is 0.143. The van der Waals surface area contributed by atoms with E-state index >= 15 is 0 Å². The Kier molecular flexibility index (Phi) is 5.10. The molecule has 0 aliphatic carbocycles. The summed E-state index contributed by atoms with van der Waals surface area (Å²) in [6, 6.07) is 1.91. The normalized spacial score (nSPS) is 10.9. The number of aliphatic hydroxyl groups excluding tert-OH is 1. The molecule has 0 aliphatic heterocycles. The molecule has 1 heterocycles. The molecule has 0 aromatic carbocycles. The van der Waals surface area contributed by atoms with Crippen molar-refractivity contribution in [2.45, 2.75) is 13.1 Å². The van der Waals surface area contributed by atoms with Crippen molar-refractivity contribution in [3.05, 3.63) is 36.3 Å². The Labute approximate surface area is 90.0 Å². The van der Waals surface area contributed by atoms with Gasteiger partial charge in [-0.25, -0.2) is 0 Å². The number of nitrogens with two attached hydrogens (primary N) is 1. The first-order valence-corrected chi connectivity index (χ1v) is 5.01. The Hall–Kier alpha value is -1.10. The van der Waals surface area contributed by atoms with Gasteiger partial charge in [0.2, 0.25) is 0 Å². The van der Waals surface area contributed by atoms with Crippen molar-refractivity contribution in [2.75, 3.05) is 19.7 Å². The number of rotatable bonds is 7. The summed E-state index contributed by atoms with van der Waals surface area (Å²) in [4.78, 5) is 2.08. The predicted octanol–water partition coefficient (Wildman–Crippen LogP) is 0.719. The Morgan fingerprint density at radius 2 is 2.40 bits per heavy atom. The third-order valence-corrected chi connectivity index (χ3v) is 2.22. The molecule has 0 saturated carbocycles. The summed E-state index contributed by atoms with van der Waals surface area (Å²) in [6.45, 7) is 6.34. The van der Waals surface area contributed by atoms with E-state index < -0.39 is 0 Å². The lowest BCUT2D eigenvalue weighted by Crippen LogP contribution is -2.26. The fraction of sp³-hybridized carbons (Fsp3) is 0.455. The summed E-state index contributed by atoms with van der Waals surface area (Å²) in [7, 11) is 0. The molecule has 0 amide bonds. The Morgan fingerprint density at radius 3 is 3.00 bits per heavy atom. The van der Waals surface area contributed by atoms with Gasteiger partial charge in [0, 0.05) is 25.2 Å². The van der Waals surface area contributed by atoms with Gasteiger partial charge in [-0.05, 0) is 6.07 Å². The van der Waals surface area contributed by atoms with Gasteiger partial charge in [0.05, 0.1) is 19.4 Å². The lowest BCUT2D eigenvalue weighted by atomic mass is 10.2. The van der Waals surface area contributed by atoms with Gasteiger partial charge in [-0.2, -0.15) is 0 Å². The molecule has 15 heavy (non-hydrogen) atoms. The highest BCUT2D eigenvalue weighted by atomic mass is 16.3. The highest BCUT2D eigenvalue weighted by Crippen LogP contribution is 2.12. The van der Waals surface area contributed by atoms with Gasteiger partial charge in [-0.1, -0.05) is 6.08 Å². The summed E-state index contributed by atoms with van der Waals surface area (Å²) in [6.07, 6.45) is 3.46. The molecule has 0 unspecified atom stereocenters.